The Morgan fingerprint density at radius 1 is 1.15 bits per heavy atom. The molecule has 0 saturated heterocycles. The van der Waals surface area contributed by atoms with Crippen LogP contribution >= 0.6 is 0 Å². The molecular weight excluding hydrogens is 336 g/mol. The highest BCUT2D eigenvalue weighted by molar-refractivity contribution is 5.91. The Morgan fingerprint density at radius 2 is 1.93 bits per heavy atom. The summed E-state index contributed by atoms with van der Waals surface area (Å²) in [4.78, 5) is 22.9. The van der Waals surface area contributed by atoms with Gasteiger partial charge in [0.1, 0.15) is 0 Å². The normalized spacial score (nSPS) is 44.7. The molecule has 3 nitrogen and oxygen atoms in total. The molecule has 150 valence electrons. The van der Waals surface area contributed by atoms with Crippen molar-refractivity contribution in [2.24, 2.45) is 40.4 Å². The second-order valence-electron chi connectivity index (χ2n) is 10.6. The van der Waals surface area contributed by atoms with Gasteiger partial charge < -0.3 is 9.90 Å². The van der Waals surface area contributed by atoms with Gasteiger partial charge in [0.2, 0.25) is 0 Å². The molecule has 0 heterocycles. The van der Waals surface area contributed by atoms with E-state index in [1.165, 1.54) is 37.7 Å². The van der Waals surface area contributed by atoms with Gasteiger partial charge in [-0.2, -0.15) is 0 Å². The van der Waals surface area contributed by atoms with E-state index in [0.29, 0.717) is 23.0 Å². The standard InChI is InChI=1S/C24H36O3/c1-15(4-9-22(26)27)19-7-8-20-18-6-5-16-14-17(25)10-12-23(16,2)21(18)11-13-24(19,20)3/h14-15,18-21H,4-13H2,1-3H3,(H,26,27)/p-1/t15-,18+,19-,20+,21+,23+,24-/m1/s1. The Balaban J connectivity index is 1.55. The van der Waals surface area contributed by atoms with Crippen molar-refractivity contribution < 1.29 is 14.7 Å². The second-order valence-corrected chi connectivity index (χ2v) is 10.6. The van der Waals surface area contributed by atoms with Gasteiger partial charge in [-0.15, -0.1) is 0 Å². The van der Waals surface area contributed by atoms with Crippen LogP contribution in [0.2, 0.25) is 0 Å². The summed E-state index contributed by atoms with van der Waals surface area (Å²) >= 11 is 0. The summed E-state index contributed by atoms with van der Waals surface area (Å²) < 4.78 is 0. The Morgan fingerprint density at radius 3 is 2.67 bits per heavy atom. The number of carbonyl (C=O) groups is 2. The van der Waals surface area contributed by atoms with E-state index < -0.39 is 5.97 Å². The highest BCUT2D eigenvalue weighted by Gasteiger charge is 2.59. The molecular formula is C24H35O3-. The molecule has 3 saturated carbocycles. The maximum atomic E-state index is 12.0. The Bertz CT molecular complexity index is 665. The number of hydrogen-bond acceptors (Lipinski definition) is 3. The molecule has 27 heavy (non-hydrogen) atoms. The van der Waals surface area contributed by atoms with E-state index in [1.54, 1.807) is 0 Å². The SMILES string of the molecule is C[C@H](CCC(=O)[O-])[C@H]1CC[C@H]2[C@@H]3CCC4=CC(=O)CC[C@]4(C)[C@H]3CC[C@]12C. The largest absolute Gasteiger partial charge is 0.550 e. The zero-order chi connectivity index (χ0) is 19.4. The lowest BCUT2D eigenvalue weighted by molar-refractivity contribution is -0.306. The third-order valence-corrected chi connectivity index (χ3v) is 9.53. The summed E-state index contributed by atoms with van der Waals surface area (Å²) in [6, 6.07) is 0. The number of ketones is 1. The maximum absolute atomic E-state index is 12.0. The zero-order valence-electron chi connectivity index (χ0n) is 17.3. The van der Waals surface area contributed by atoms with E-state index in [1.807, 2.05) is 6.08 Å². The van der Waals surface area contributed by atoms with Gasteiger partial charge in [-0.25, -0.2) is 0 Å². The van der Waals surface area contributed by atoms with Crippen LogP contribution in [0.15, 0.2) is 11.6 Å². The summed E-state index contributed by atoms with van der Waals surface area (Å²) in [5, 5.41) is 10.9. The van der Waals surface area contributed by atoms with Crippen molar-refractivity contribution in [3.8, 4) is 0 Å². The van der Waals surface area contributed by atoms with E-state index in [2.05, 4.69) is 20.8 Å². The van der Waals surface area contributed by atoms with Gasteiger partial charge in [0.15, 0.2) is 5.78 Å². The lowest BCUT2D eigenvalue weighted by atomic mass is 9.46. The first kappa shape index (κ1) is 19.2. The first-order valence-corrected chi connectivity index (χ1v) is 11.2. The van der Waals surface area contributed by atoms with Crippen LogP contribution in [0.3, 0.4) is 0 Å². The highest BCUT2D eigenvalue weighted by atomic mass is 16.4. The summed E-state index contributed by atoms with van der Waals surface area (Å²) in [5.41, 5.74) is 2.06. The Hall–Kier alpha value is -1.12. The maximum Gasteiger partial charge on any atom is 0.155 e. The van der Waals surface area contributed by atoms with Crippen molar-refractivity contribution >= 4 is 11.8 Å². The molecule has 3 heteroatoms. The number of rotatable bonds is 4. The molecule has 0 unspecified atom stereocenters. The third-order valence-electron chi connectivity index (χ3n) is 9.53. The van der Waals surface area contributed by atoms with E-state index in [4.69, 9.17) is 0 Å². The molecule has 0 aliphatic heterocycles. The Labute approximate surface area is 164 Å². The lowest BCUT2D eigenvalue weighted by Crippen LogP contribution is -2.51. The number of allylic oxidation sites excluding steroid dienone is 1. The van der Waals surface area contributed by atoms with Crippen molar-refractivity contribution in [3.63, 3.8) is 0 Å². The molecule has 0 aromatic rings. The molecule has 4 aliphatic carbocycles. The number of aliphatic carboxylic acids is 1. The molecule has 4 rings (SSSR count). The minimum atomic E-state index is -0.906. The topological polar surface area (TPSA) is 57.2 Å². The smallest absolute Gasteiger partial charge is 0.155 e. The van der Waals surface area contributed by atoms with Crippen LogP contribution in [-0.2, 0) is 9.59 Å². The van der Waals surface area contributed by atoms with Crippen LogP contribution in [-0.4, -0.2) is 11.8 Å². The molecule has 7 atom stereocenters. The van der Waals surface area contributed by atoms with E-state index in [-0.39, 0.29) is 11.8 Å². The molecule has 0 aromatic carbocycles. The molecule has 0 N–H and O–H groups in total. The van der Waals surface area contributed by atoms with Crippen LogP contribution in [0.1, 0.15) is 85.0 Å². The fraction of sp³-hybridized carbons (Fsp3) is 0.833. The van der Waals surface area contributed by atoms with Crippen LogP contribution in [0.25, 0.3) is 0 Å². The lowest BCUT2D eigenvalue weighted by Gasteiger charge is -2.58. The zero-order valence-corrected chi connectivity index (χ0v) is 17.3. The molecule has 0 spiro atoms. The van der Waals surface area contributed by atoms with Gasteiger partial charge >= 0.3 is 0 Å². The monoisotopic (exact) mass is 371 g/mol. The molecule has 4 aliphatic rings. The van der Waals surface area contributed by atoms with Crippen molar-refractivity contribution in [2.75, 3.05) is 0 Å². The average molecular weight is 372 g/mol. The van der Waals surface area contributed by atoms with E-state index >= 15 is 0 Å². The summed E-state index contributed by atoms with van der Waals surface area (Å²) in [6.45, 7) is 7.22. The highest BCUT2D eigenvalue weighted by Crippen LogP contribution is 2.67. The molecule has 0 bridgehead atoms. The van der Waals surface area contributed by atoms with Crippen LogP contribution in [0, 0.1) is 40.4 Å². The number of carboxylic acid groups (broad SMARTS) is 1. The van der Waals surface area contributed by atoms with Gasteiger partial charge in [0, 0.05) is 12.4 Å². The van der Waals surface area contributed by atoms with Crippen molar-refractivity contribution in [1.82, 2.24) is 0 Å². The summed E-state index contributed by atoms with van der Waals surface area (Å²) in [6.07, 6.45) is 12.2. The first-order chi connectivity index (χ1) is 12.8. The predicted molar refractivity (Wildman–Crippen MR) is 104 cm³/mol. The third kappa shape index (κ3) is 3.00. The van der Waals surface area contributed by atoms with Crippen LogP contribution in [0.5, 0.6) is 0 Å². The number of hydrogen-bond donors (Lipinski definition) is 0. The summed E-state index contributed by atoms with van der Waals surface area (Å²) in [7, 11) is 0. The number of carbonyl (C=O) groups excluding carboxylic acids is 2. The molecule has 0 aromatic heterocycles. The van der Waals surface area contributed by atoms with Gasteiger partial charge in [0.05, 0.1) is 0 Å². The van der Waals surface area contributed by atoms with Crippen molar-refractivity contribution in [2.45, 2.75) is 85.0 Å². The average Bonchev–Trinajstić information content (AvgIpc) is 2.97. The predicted octanol–water partition coefficient (Wildman–Crippen LogP) is 4.30. The van der Waals surface area contributed by atoms with E-state index in [0.717, 1.165) is 43.4 Å². The van der Waals surface area contributed by atoms with Gasteiger partial charge in [-0.3, -0.25) is 4.79 Å². The minimum Gasteiger partial charge on any atom is -0.550 e. The fourth-order valence-corrected chi connectivity index (χ4v) is 8.08. The second kappa shape index (κ2) is 6.74. The van der Waals surface area contributed by atoms with Crippen LogP contribution in [0.4, 0.5) is 0 Å². The van der Waals surface area contributed by atoms with Crippen molar-refractivity contribution in [1.29, 1.82) is 0 Å². The fourth-order valence-electron chi connectivity index (χ4n) is 8.08. The quantitative estimate of drug-likeness (QED) is 0.740. The number of carboxylic acids is 1. The van der Waals surface area contributed by atoms with E-state index in [9.17, 15) is 14.7 Å². The Kier molecular flexibility index (Phi) is 4.79. The molecule has 0 radical (unpaired) electrons. The van der Waals surface area contributed by atoms with Crippen molar-refractivity contribution in [3.05, 3.63) is 11.6 Å². The van der Waals surface area contributed by atoms with Gasteiger partial charge in [-0.05, 0) is 104 Å². The molecule has 0 amide bonds. The van der Waals surface area contributed by atoms with Gasteiger partial charge in [0.25, 0.3) is 0 Å². The first-order valence-electron chi connectivity index (χ1n) is 11.2. The minimum absolute atomic E-state index is 0.199. The number of fused-ring (bicyclic) bond motifs is 5. The van der Waals surface area contributed by atoms with Crippen LogP contribution < -0.4 is 5.11 Å². The molecule has 3 fully saturated rings. The van der Waals surface area contributed by atoms with Gasteiger partial charge in [-0.1, -0.05) is 26.3 Å². The summed E-state index contributed by atoms with van der Waals surface area (Å²) in [5.74, 6) is 2.86.